The van der Waals surface area contributed by atoms with Crippen molar-refractivity contribution in [2.24, 2.45) is 5.73 Å². The minimum atomic E-state index is -0.123. The lowest BCUT2D eigenvalue weighted by molar-refractivity contribution is 0.185. The Morgan fingerprint density at radius 2 is 2.20 bits per heavy atom. The van der Waals surface area contributed by atoms with E-state index in [-0.39, 0.29) is 6.04 Å². The van der Waals surface area contributed by atoms with Crippen LogP contribution in [0, 0.1) is 0 Å². The van der Waals surface area contributed by atoms with Gasteiger partial charge >= 0.3 is 0 Å². The van der Waals surface area contributed by atoms with Crippen molar-refractivity contribution in [3.63, 3.8) is 0 Å². The van der Waals surface area contributed by atoms with Crippen molar-refractivity contribution >= 4 is 11.3 Å². The van der Waals surface area contributed by atoms with Gasteiger partial charge in [-0.2, -0.15) is 0 Å². The summed E-state index contributed by atoms with van der Waals surface area (Å²) in [7, 11) is 1.71. The van der Waals surface area contributed by atoms with Gasteiger partial charge in [-0.3, -0.25) is 0 Å². The Kier molecular flexibility index (Phi) is 4.15. The Morgan fingerprint density at radius 1 is 1.35 bits per heavy atom. The monoisotopic (exact) mass is 288 g/mol. The summed E-state index contributed by atoms with van der Waals surface area (Å²) in [6, 6.07) is 8.17. The summed E-state index contributed by atoms with van der Waals surface area (Å²) in [5.74, 6) is 0. The number of ether oxygens (including phenoxy) is 1. The number of methoxy groups -OCH3 is 1. The highest BCUT2D eigenvalue weighted by Gasteiger charge is 2.19. The van der Waals surface area contributed by atoms with E-state index in [9.17, 15) is 0 Å². The highest BCUT2D eigenvalue weighted by Crippen LogP contribution is 2.31. The molecule has 0 spiro atoms. The van der Waals surface area contributed by atoms with E-state index in [1.54, 1.807) is 18.4 Å². The number of nitrogens with zero attached hydrogens (tertiary/aromatic N) is 1. The molecule has 1 heterocycles. The SMILES string of the molecule is COCc1cccc(C(N)c2nc3c(s2)CCCC3)c1. The van der Waals surface area contributed by atoms with Gasteiger partial charge in [0.25, 0.3) is 0 Å². The topological polar surface area (TPSA) is 48.1 Å². The van der Waals surface area contributed by atoms with Crippen molar-refractivity contribution in [3.8, 4) is 0 Å². The lowest BCUT2D eigenvalue weighted by atomic mass is 10.0. The number of fused-ring (bicyclic) bond motifs is 1. The van der Waals surface area contributed by atoms with Gasteiger partial charge in [0, 0.05) is 12.0 Å². The Balaban J connectivity index is 1.86. The highest BCUT2D eigenvalue weighted by atomic mass is 32.1. The molecule has 0 saturated carbocycles. The van der Waals surface area contributed by atoms with Crippen LogP contribution in [0.15, 0.2) is 24.3 Å². The van der Waals surface area contributed by atoms with Gasteiger partial charge in [-0.25, -0.2) is 4.98 Å². The predicted molar refractivity (Wildman–Crippen MR) is 81.9 cm³/mol. The van der Waals surface area contributed by atoms with E-state index in [0.29, 0.717) is 6.61 Å². The van der Waals surface area contributed by atoms with Crippen molar-refractivity contribution in [3.05, 3.63) is 51.0 Å². The van der Waals surface area contributed by atoms with Crippen molar-refractivity contribution in [1.29, 1.82) is 0 Å². The summed E-state index contributed by atoms with van der Waals surface area (Å²) in [6.45, 7) is 0.620. The molecule has 0 aliphatic heterocycles. The normalized spacial score (nSPS) is 15.9. The number of aromatic nitrogens is 1. The molecule has 20 heavy (non-hydrogen) atoms. The van der Waals surface area contributed by atoms with Crippen LogP contribution in [0.4, 0.5) is 0 Å². The number of hydrogen-bond acceptors (Lipinski definition) is 4. The van der Waals surface area contributed by atoms with Crippen molar-refractivity contribution < 1.29 is 4.74 Å². The number of benzene rings is 1. The molecule has 4 heteroatoms. The molecule has 2 aromatic rings. The second-order valence-electron chi connectivity index (χ2n) is 5.28. The molecule has 106 valence electrons. The fraction of sp³-hybridized carbons (Fsp3) is 0.438. The second-order valence-corrected chi connectivity index (χ2v) is 6.40. The molecule has 3 rings (SSSR count). The van der Waals surface area contributed by atoms with Crippen LogP contribution in [0.1, 0.15) is 45.6 Å². The molecule has 1 aromatic heterocycles. The summed E-state index contributed by atoms with van der Waals surface area (Å²) in [4.78, 5) is 6.20. The Bertz CT molecular complexity index is 570. The van der Waals surface area contributed by atoms with Crippen molar-refractivity contribution in [2.45, 2.75) is 38.3 Å². The van der Waals surface area contributed by atoms with E-state index in [1.807, 2.05) is 6.07 Å². The zero-order valence-electron chi connectivity index (χ0n) is 11.8. The third-order valence-electron chi connectivity index (χ3n) is 3.75. The first kappa shape index (κ1) is 13.7. The molecule has 0 bridgehead atoms. The maximum atomic E-state index is 6.40. The van der Waals surface area contributed by atoms with E-state index >= 15 is 0 Å². The summed E-state index contributed by atoms with van der Waals surface area (Å²) in [5.41, 5.74) is 9.95. The van der Waals surface area contributed by atoms with Crippen LogP contribution in [0.3, 0.4) is 0 Å². The Labute approximate surface area is 123 Å². The van der Waals surface area contributed by atoms with Crippen molar-refractivity contribution in [1.82, 2.24) is 4.98 Å². The molecule has 1 aliphatic carbocycles. The number of aryl methyl sites for hydroxylation is 2. The fourth-order valence-corrected chi connectivity index (χ4v) is 3.87. The van der Waals surface area contributed by atoms with Crippen LogP contribution in [0.25, 0.3) is 0 Å². The van der Waals surface area contributed by atoms with Gasteiger partial charge in [0.05, 0.1) is 18.3 Å². The highest BCUT2D eigenvalue weighted by molar-refractivity contribution is 7.11. The van der Waals surface area contributed by atoms with E-state index in [2.05, 4.69) is 18.2 Å². The van der Waals surface area contributed by atoms with Crippen LogP contribution < -0.4 is 5.73 Å². The molecule has 1 aromatic carbocycles. The first-order valence-corrected chi connectivity index (χ1v) is 7.91. The molecule has 1 unspecified atom stereocenters. The molecule has 0 radical (unpaired) electrons. The maximum Gasteiger partial charge on any atom is 0.114 e. The first-order chi connectivity index (χ1) is 9.78. The lowest BCUT2D eigenvalue weighted by Crippen LogP contribution is -2.12. The van der Waals surface area contributed by atoms with Gasteiger partial charge in [-0.1, -0.05) is 24.3 Å². The van der Waals surface area contributed by atoms with Crippen molar-refractivity contribution in [2.75, 3.05) is 7.11 Å². The molecule has 1 atom stereocenters. The third-order valence-corrected chi connectivity index (χ3v) is 4.99. The molecule has 0 fully saturated rings. The van der Waals surface area contributed by atoms with E-state index < -0.39 is 0 Å². The molecular formula is C16H20N2OS. The number of thiazole rings is 1. The number of rotatable bonds is 4. The third kappa shape index (κ3) is 2.77. The Hall–Kier alpha value is -1.23. The van der Waals surface area contributed by atoms with Gasteiger partial charge in [-0.15, -0.1) is 11.3 Å². The summed E-state index contributed by atoms with van der Waals surface area (Å²) < 4.78 is 5.18. The largest absolute Gasteiger partial charge is 0.380 e. The van der Waals surface area contributed by atoms with E-state index in [1.165, 1.54) is 29.8 Å². The number of nitrogens with two attached hydrogens (primary N) is 1. The van der Waals surface area contributed by atoms with Crippen LogP contribution in [0.5, 0.6) is 0 Å². The average molecular weight is 288 g/mol. The first-order valence-electron chi connectivity index (χ1n) is 7.10. The quantitative estimate of drug-likeness (QED) is 0.939. The average Bonchev–Trinajstić information content (AvgIpc) is 2.91. The van der Waals surface area contributed by atoms with E-state index in [0.717, 1.165) is 22.6 Å². The predicted octanol–water partition coefficient (Wildman–Crippen LogP) is 3.22. The minimum Gasteiger partial charge on any atom is -0.380 e. The van der Waals surface area contributed by atoms with Crippen LogP contribution in [0.2, 0.25) is 0 Å². The Morgan fingerprint density at radius 3 is 3.00 bits per heavy atom. The zero-order valence-corrected chi connectivity index (χ0v) is 12.6. The fourth-order valence-electron chi connectivity index (χ4n) is 2.69. The van der Waals surface area contributed by atoms with Gasteiger partial charge in [0.1, 0.15) is 5.01 Å². The minimum absolute atomic E-state index is 0.123. The smallest absolute Gasteiger partial charge is 0.114 e. The van der Waals surface area contributed by atoms with Gasteiger partial charge in [-0.05, 0) is 36.8 Å². The van der Waals surface area contributed by atoms with Crippen LogP contribution in [-0.4, -0.2) is 12.1 Å². The molecule has 2 N–H and O–H groups in total. The molecular weight excluding hydrogens is 268 g/mol. The van der Waals surface area contributed by atoms with Gasteiger partial charge in [0.15, 0.2) is 0 Å². The molecule has 3 nitrogen and oxygen atoms in total. The summed E-state index contributed by atoms with van der Waals surface area (Å²) in [5, 5.41) is 1.05. The number of hydrogen-bond donors (Lipinski definition) is 1. The van der Waals surface area contributed by atoms with E-state index in [4.69, 9.17) is 15.5 Å². The lowest BCUT2D eigenvalue weighted by Gasteiger charge is -2.10. The second kappa shape index (κ2) is 6.04. The van der Waals surface area contributed by atoms with Gasteiger partial charge < -0.3 is 10.5 Å². The van der Waals surface area contributed by atoms with Crippen LogP contribution in [-0.2, 0) is 24.2 Å². The maximum absolute atomic E-state index is 6.40. The zero-order chi connectivity index (χ0) is 13.9. The van der Waals surface area contributed by atoms with Gasteiger partial charge in [0.2, 0.25) is 0 Å². The van der Waals surface area contributed by atoms with Crippen LogP contribution >= 0.6 is 11.3 Å². The summed E-state index contributed by atoms with van der Waals surface area (Å²) >= 11 is 1.79. The summed E-state index contributed by atoms with van der Waals surface area (Å²) in [6.07, 6.45) is 4.83. The molecule has 0 amide bonds. The molecule has 1 aliphatic rings. The molecule has 0 saturated heterocycles. The standard InChI is InChI=1S/C16H20N2OS/c1-19-10-11-5-4-6-12(9-11)15(17)16-18-13-7-2-3-8-14(13)20-16/h4-6,9,15H,2-3,7-8,10,17H2,1H3.